The number of halogens is 3. The summed E-state index contributed by atoms with van der Waals surface area (Å²) in [6.45, 7) is 5.59. The topological polar surface area (TPSA) is 58.6 Å². The van der Waals surface area contributed by atoms with Gasteiger partial charge in [-0.3, -0.25) is 9.59 Å². The Balaban J connectivity index is 2.19. The average Bonchev–Trinajstić information content (AvgIpc) is 2.69. The normalized spacial score (nSPS) is 11.7. The summed E-state index contributed by atoms with van der Waals surface area (Å²) in [7, 11) is 1.53. The molecule has 0 aliphatic carbocycles. The molecule has 0 radical (unpaired) electrons. The molecule has 2 aromatic carbocycles. The number of aryl methyl sites for hydroxylation is 2. The Bertz CT molecular complexity index is 898. The number of hydrogen-bond acceptors (Lipinski definition) is 3. The lowest BCUT2D eigenvalue weighted by atomic mass is 10.1. The van der Waals surface area contributed by atoms with Crippen molar-refractivity contribution in [3.63, 3.8) is 0 Å². The molecule has 0 bridgehead atoms. The number of rotatable bonds is 7. The first-order valence-corrected chi connectivity index (χ1v) is 10.5. The van der Waals surface area contributed by atoms with Gasteiger partial charge in [0.2, 0.25) is 5.91 Å². The molecule has 0 spiro atoms. The number of amides is 2. The van der Waals surface area contributed by atoms with Crippen molar-refractivity contribution in [2.24, 2.45) is 0 Å². The first-order chi connectivity index (χ1) is 13.6. The maximum Gasteiger partial charge on any atom is 0.261 e. The van der Waals surface area contributed by atoms with E-state index in [1.807, 2.05) is 26.0 Å². The molecule has 2 aromatic rings. The molecule has 0 aliphatic heterocycles. The summed E-state index contributed by atoms with van der Waals surface area (Å²) in [4.78, 5) is 26.6. The van der Waals surface area contributed by atoms with Gasteiger partial charge in [0.05, 0.1) is 10.0 Å². The molecular weight excluding hydrogens is 479 g/mol. The van der Waals surface area contributed by atoms with Crippen molar-refractivity contribution in [1.82, 2.24) is 10.2 Å². The molecule has 8 heteroatoms. The van der Waals surface area contributed by atoms with Crippen molar-refractivity contribution in [3.8, 4) is 5.75 Å². The van der Waals surface area contributed by atoms with Crippen LogP contribution in [0.2, 0.25) is 10.0 Å². The van der Waals surface area contributed by atoms with E-state index in [1.54, 1.807) is 25.1 Å². The number of carbonyl (C=O) groups excluding carboxylic acids is 2. The number of ether oxygens (including phenoxy) is 1. The summed E-state index contributed by atoms with van der Waals surface area (Å²) in [5.41, 5.74) is 2.79. The molecule has 5 nitrogen and oxygen atoms in total. The largest absolute Gasteiger partial charge is 0.484 e. The van der Waals surface area contributed by atoms with Crippen LogP contribution in [0.25, 0.3) is 0 Å². The van der Waals surface area contributed by atoms with E-state index < -0.39 is 6.04 Å². The van der Waals surface area contributed by atoms with Crippen LogP contribution in [-0.4, -0.2) is 36.4 Å². The minimum absolute atomic E-state index is 0.191. The molecule has 156 valence electrons. The molecule has 1 N–H and O–H groups in total. The van der Waals surface area contributed by atoms with E-state index in [1.165, 1.54) is 11.9 Å². The van der Waals surface area contributed by atoms with E-state index in [9.17, 15) is 9.59 Å². The van der Waals surface area contributed by atoms with Gasteiger partial charge in [-0.05, 0) is 61.7 Å². The highest BCUT2D eigenvalue weighted by atomic mass is 79.9. The van der Waals surface area contributed by atoms with Crippen molar-refractivity contribution in [2.75, 3.05) is 13.7 Å². The minimum atomic E-state index is -0.682. The van der Waals surface area contributed by atoms with E-state index in [2.05, 4.69) is 21.2 Å². The summed E-state index contributed by atoms with van der Waals surface area (Å²) < 4.78 is 6.72. The van der Waals surface area contributed by atoms with Crippen LogP contribution in [0.15, 0.2) is 34.8 Å². The second kappa shape index (κ2) is 10.3. The number of nitrogens with one attached hydrogen (secondary N) is 1. The quantitative estimate of drug-likeness (QED) is 0.586. The van der Waals surface area contributed by atoms with Crippen LogP contribution in [-0.2, 0) is 16.1 Å². The Kier molecular flexibility index (Phi) is 8.37. The molecule has 2 rings (SSSR count). The Morgan fingerprint density at radius 1 is 1.14 bits per heavy atom. The van der Waals surface area contributed by atoms with Crippen LogP contribution in [0, 0.1) is 13.8 Å². The molecule has 1 atom stereocenters. The van der Waals surface area contributed by atoms with Gasteiger partial charge in [0.1, 0.15) is 11.8 Å². The zero-order chi connectivity index (χ0) is 21.7. The zero-order valence-corrected chi connectivity index (χ0v) is 19.8. The number of likely N-dealkylation sites (N-methyl/N-ethyl adjacent to an activating group) is 1. The van der Waals surface area contributed by atoms with Crippen LogP contribution >= 0.6 is 39.1 Å². The van der Waals surface area contributed by atoms with Gasteiger partial charge in [0, 0.05) is 18.1 Å². The van der Waals surface area contributed by atoms with Crippen LogP contribution in [0.4, 0.5) is 0 Å². The second-order valence-corrected chi connectivity index (χ2v) is 8.33. The Hall–Kier alpha value is -1.76. The van der Waals surface area contributed by atoms with Crippen LogP contribution < -0.4 is 10.1 Å². The fourth-order valence-corrected chi connectivity index (χ4v) is 3.39. The predicted molar refractivity (Wildman–Crippen MR) is 120 cm³/mol. The first-order valence-electron chi connectivity index (χ1n) is 8.98. The SMILES string of the molecule is CNC(=O)C(C)N(Cc1ccc(Cl)c(Cl)c1)C(=O)COc1cc(C)c(Br)c(C)c1. The van der Waals surface area contributed by atoms with Gasteiger partial charge in [-0.1, -0.05) is 45.2 Å². The van der Waals surface area contributed by atoms with Gasteiger partial charge in [-0.2, -0.15) is 0 Å². The van der Waals surface area contributed by atoms with Crippen molar-refractivity contribution in [3.05, 3.63) is 61.5 Å². The highest BCUT2D eigenvalue weighted by Crippen LogP contribution is 2.27. The van der Waals surface area contributed by atoms with E-state index in [0.717, 1.165) is 21.2 Å². The number of benzene rings is 2. The third-order valence-corrected chi connectivity index (χ3v) is 6.51. The molecule has 0 fully saturated rings. The third kappa shape index (κ3) is 6.11. The molecule has 2 amide bonds. The lowest BCUT2D eigenvalue weighted by Gasteiger charge is -2.28. The monoisotopic (exact) mass is 500 g/mol. The fraction of sp³-hybridized carbons (Fsp3) is 0.333. The predicted octanol–water partition coefficient (Wildman–Crippen LogP) is 4.91. The lowest BCUT2D eigenvalue weighted by molar-refractivity contribution is -0.142. The highest BCUT2D eigenvalue weighted by Gasteiger charge is 2.26. The number of hydrogen-bond donors (Lipinski definition) is 1. The molecule has 0 aliphatic rings. The standard InChI is InChI=1S/C21H23BrCl2N2O3/c1-12-7-16(8-13(2)20(12)22)29-11-19(27)26(14(3)21(28)25-4)10-15-5-6-17(23)18(24)9-15/h5-9,14H,10-11H2,1-4H3,(H,25,28). The van der Waals surface area contributed by atoms with Crippen LogP contribution in [0.3, 0.4) is 0 Å². The van der Waals surface area contributed by atoms with Crippen molar-refractivity contribution in [1.29, 1.82) is 0 Å². The molecule has 0 aromatic heterocycles. The Labute approximate surface area is 189 Å². The van der Waals surface area contributed by atoms with Crippen molar-refractivity contribution in [2.45, 2.75) is 33.4 Å². The molecule has 29 heavy (non-hydrogen) atoms. The van der Waals surface area contributed by atoms with Gasteiger partial charge >= 0.3 is 0 Å². The smallest absolute Gasteiger partial charge is 0.261 e. The van der Waals surface area contributed by atoms with Gasteiger partial charge in [0.15, 0.2) is 6.61 Å². The van der Waals surface area contributed by atoms with Crippen molar-refractivity contribution < 1.29 is 14.3 Å². The lowest BCUT2D eigenvalue weighted by Crippen LogP contribution is -2.48. The summed E-state index contributed by atoms with van der Waals surface area (Å²) in [6, 6.07) is 8.15. The number of nitrogens with zero attached hydrogens (tertiary/aromatic N) is 1. The molecule has 0 heterocycles. The summed E-state index contributed by atoms with van der Waals surface area (Å²) in [6.07, 6.45) is 0. The Morgan fingerprint density at radius 3 is 2.31 bits per heavy atom. The Morgan fingerprint density at radius 2 is 1.76 bits per heavy atom. The first kappa shape index (κ1) is 23.5. The zero-order valence-electron chi connectivity index (χ0n) is 16.7. The minimum Gasteiger partial charge on any atom is -0.484 e. The van der Waals surface area contributed by atoms with E-state index >= 15 is 0 Å². The van der Waals surface area contributed by atoms with Crippen LogP contribution in [0.1, 0.15) is 23.6 Å². The summed E-state index contributed by atoms with van der Waals surface area (Å²) in [5.74, 6) is 0.0118. The maximum atomic E-state index is 12.9. The van der Waals surface area contributed by atoms with Gasteiger partial charge in [0.25, 0.3) is 5.91 Å². The summed E-state index contributed by atoms with van der Waals surface area (Å²) in [5, 5.41) is 3.39. The molecule has 0 saturated heterocycles. The fourth-order valence-electron chi connectivity index (χ4n) is 2.84. The van der Waals surface area contributed by atoms with Crippen molar-refractivity contribution >= 4 is 50.9 Å². The number of carbonyl (C=O) groups is 2. The molecule has 1 unspecified atom stereocenters. The highest BCUT2D eigenvalue weighted by molar-refractivity contribution is 9.10. The van der Waals surface area contributed by atoms with Crippen LogP contribution in [0.5, 0.6) is 5.75 Å². The molecule has 0 saturated carbocycles. The average molecular weight is 502 g/mol. The van der Waals surface area contributed by atoms with Gasteiger partial charge < -0.3 is 15.0 Å². The van der Waals surface area contributed by atoms with E-state index in [-0.39, 0.29) is 25.0 Å². The van der Waals surface area contributed by atoms with Gasteiger partial charge in [-0.25, -0.2) is 0 Å². The van der Waals surface area contributed by atoms with E-state index in [4.69, 9.17) is 27.9 Å². The van der Waals surface area contributed by atoms with E-state index in [0.29, 0.717) is 15.8 Å². The maximum absolute atomic E-state index is 12.9. The third-order valence-electron chi connectivity index (χ3n) is 4.52. The van der Waals surface area contributed by atoms with Gasteiger partial charge in [-0.15, -0.1) is 0 Å². The summed E-state index contributed by atoms with van der Waals surface area (Å²) >= 11 is 15.6. The molecular formula is C21H23BrCl2N2O3. The second-order valence-electron chi connectivity index (χ2n) is 6.72.